The van der Waals surface area contributed by atoms with Crippen LogP contribution in [0, 0.1) is 5.92 Å². The molecule has 0 aliphatic carbocycles. The Bertz CT molecular complexity index is 197. The second-order valence-corrected chi connectivity index (χ2v) is 6.63. The maximum absolute atomic E-state index is 3.76. The smallest absolute Gasteiger partial charge is 0.0125 e. The molecule has 16 heavy (non-hydrogen) atoms. The Balaban J connectivity index is 2.32. The van der Waals surface area contributed by atoms with Gasteiger partial charge in [-0.1, -0.05) is 13.8 Å². The third-order valence-corrected chi connectivity index (χ3v) is 3.94. The highest BCUT2D eigenvalue weighted by atomic mass is 15.2. The summed E-state index contributed by atoms with van der Waals surface area (Å²) >= 11 is 0. The van der Waals surface area contributed by atoms with Gasteiger partial charge in [0.25, 0.3) is 0 Å². The van der Waals surface area contributed by atoms with E-state index in [0.717, 1.165) is 12.0 Å². The highest BCUT2D eigenvalue weighted by Crippen LogP contribution is 2.20. The number of piperidine rings is 1. The van der Waals surface area contributed by atoms with Gasteiger partial charge in [0, 0.05) is 30.7 Å². The van der Waals surface area contributed by atoms with Crippen LogP contribution in [0.5, 0.6) is 0 Å². The molecule has 0 aromatic heterocycles. The van der Waals surface area contributed by atoms with Gasteiger partial charge in [-0.15, -0.1) is 0 Å². The number of hydrogen-bond acceptors (Lipinski definition) is 2. The molecular weight excluding hydrogens is 196 g/mol. The van der Waals surface area contributed by atoms with Crippen LogP contribution in [-0.4, -0.2) is 35.6 Å². The molecule has 0 amide bonds. The van der Waals surface area contributed by atoms with Gasteiger partial charge in [0.1, 0.15) is 0 Å². The van der Waals surface area contributed by atoms with E-state index in [4.69, 9.17) is 0 Å². The molecule has 1 heterocycles. The highest BCUT2D eigenvalue weighted by Gasteiger charge is 2.27. The Morgan fingerprint density at radius 3 is 1.94 bits per heavy atom. The predicted octanol–water partition coefficient (Wildman–Crippen LogP) is 2.88. The van der Waals surface area contributed by atoms with Gasteiger partial charge in [0.05, 0.1) is 0 Å². The van der Waals surface area contributed by atoms with Gasteiger partial charge in [-0.3, -0.25) is 4.90 Å². The number of hydrogen-bond donors (Lipinski definition) is 1. The van der Waals surface area contributed by atoms with Crippen molar-refractivity contribution < 1.29 is 0 Å². The molecular formula is C14H30N2. The fourth-order valence-electron chi connectivity index (χ4n) is 2.28. The zero-order valence-corrected chi connectivity index (χ0v) is 12.0. The molecule has 1 aliphatic heterocycles. The summed E-state index contributed by atoms with van der Waals surface area (Å²) in [4.78, 5) is 2.60. The van der Waals surface area contributed by atoms with E-state index < -0.39 is 0 Å². The van der Waals surface area contributed by atoms with E-state index in [1.807, 2.05) is 0 Å². The van der Waals surface area contributed by atoms with Gasteiger partial charge in [0.2, 0.25) is 0 Å². The lowest BCUT2D eigenvalue weighted by Crippen LogP contribution is -2.51. The number of nitrogens with one attached hydrogen (secondary N) is 1. The largest absolute Gasteiger partial charge is 0.311 e. The first-order valence-corrected chi connectivity index (χ1v) is 6.82. The second-order valence-electron chi connectivity index (χ2n) is 6.63. The summed E-state index contributed by atoms with van der Waals surface area (Å²) in [5.41, 5.74) is 0.342. The number of likely N-dealkylation sites (tertiary alicyclic amines) is 1. The average Bonchev–Trinajstić information content (AvgIpc) is 2.17. The Morgan fingerprint density at radius 1 is 1.06 bits per heavy atom. The molecule has 1 aliphatic rings. The van der Waals surface area contributed by atoms with E-state index in [2.05, 4.69) is 51.8 Å². The molecule has 0 spiro atoms. The van der Waals surface area contributed by atoms with Crippen molar-refractivity contribution >= 4 is 0 Å². The Kier molecular flexibility index (Phi) is 4.81. The summed E-state index contributed by atoms with van der Waals surface area (Å²) in [6.45, 7) is 16.3. The standard InChI is InChI=1S/C14H30N2/c1-11(2)12(3)15-13-7-9-16(10-8-13)14(4,5)6/h11-13,15H,7-10H2,1-6H3. The third-order valence-electron chi connectivity index (χ3n) is 3.94. The summed E-state index contributed by atoms with van der Waals surface area (Å²) in [6.07, 6.45) is 2.60. The third kappa shape index (κ3) is 4.06. The second kappa shape index (κ2) is 5.50. The molecule has 0 radical (unpaired) electrons. The minimum atomic E-state index is 0.342. The van der Waals surface area contributed by atoms with Crippen molar-refractivity contribution in [3.05, 3.63) is 0 Å². The van der Waals surface area contributed by atoms with Crippen LogP contribution in [0.3, 0.4) is 0 Å². The minimum absolute atomic E-state index is 0.342. The van der Waals surface area contributed by atoms with Crippen molar-refractivity contribution in [3.8, 4) is 0 Å². The van der Waals surface area contributed by atoms with Crippen LogP contribution in [0.25, 0.3) is 0 Å². The van der Waals surface area contributed by atoms with Crippen LogP contribution < -0.4 is 5.32 Å². The average molecular weight is 226 g/mol. The highest BCUT2D eigenvalue weighted by molar-refractivity contribution is 4.85. The van der Waals surface area contributed by atoms with Crippen LogP contribution in [0.4, 0.5) is 0 Å². The molecule has 96 valence electrons. The van der Waals surface area contributed by atoms with Gasteiger partial charge in [0.15, 0.2) is 0 Å². The molecule has 1 unspecified atom stereocenters. The van der Waals surface area contributed by atoms with E-state index in [9.17, 15) is 0 Å². The first-order chi connectivity index (χ1) is 7.30. The van der Waals surface area contributed by atoms with Crippen molar-refractivity contribution in [2.75, 3.05) is 13.1 Å². The monoisotopic (exact) mass is 226 g/mol. The molecule has 1 fully saturated rings. The molecule has 0 saturated carbocycles. The van der Waals surface area contributed by atoms with Crippen LogP contribution in [-0.2, 0) is 0 Å². The zero-order chi connectivity index (χ0) is 12.3. The van der Waals surface area contributed by atoms with E-state index in [1.165, 1.54) is 25.9 Å². The Hall–Kier alpha value is -0.0800. The normalized spacial score (nSPS) is 22.7. The van der Waals surface area contributed by atoms with Gasteiger partial charge in [-0.05, 0) is 46.5 Å². The van der Waals surface area contributed by atoms with Gasteiger partial charge < -0.3 is 5.32 Å². The fraction of sp³-hybridized carbons (Fsp3) is 1.00. The van der Waals surface area contributed by atoms with E-state index in [1.54, 1.807) is 0 Å². The lowest BCUT2D eigenvalue weighted by atomic mass is 9.96. The maximum atomic E-state index is 3.76. The molecule has 0 bridgehead atoms. The molecule has 0 aromatic carbocycles. The molecule has 2 nitrogen and oxygen atoms in total. The molecule has 1 saturated heterocycles. The lowest BCUT2D eigenvalue weighted by Gasteiger charge is -2.41. The van der Waals surface area contributed by atoms with E-state index in [0.29, 0.717) is 11.6 Å². The summed E-state index contributed by atoms with van der Waals surface area (Å²) in [5.74, 6) is 0.737. The van der Waals surface area contributed by atoms with Crippen molar-refractivity contribution in [2.45, 2.75) is 72.0 Å². The van der Waals surface area contributed by atoms with Crippen molar-refractivity contribution in [1.82, 2.24) is 10.2 Å². The molecule has 1 atom stereocenters. The van der Waals surface area contributed by atoms with Crippen molar-refractivity contribution in [1.29, 1.82) is 0 Å². The minimum Gasteiger partial charge on any atom is -0.311 e. The number of rotatable bonds is 3. The van der Waals surface area contributed by atoms with Crippen LogP contribution >= 0.6 is 0 Å². The Labute approximate surface area is 102 Å². The topological polar surface area (TPSA) is 15.3 Å². The van der Waals surface area contributed by atoms with Crippen LogP contribution in [0.1, 0.15) is 54.4 Å². The first-order valence-electron chi connectivity index (χ1n) is 6.82. The summed E-state index contributed by atoms with van der Waals surface area (Å²) in [7, 11) is 0. The quantitative estimate of drug-likeness (QED) is 0.796. The van der Waals surface area contributed by atoms with Crippen LogP contribution in [0.2, 0.25) is 0 Å². The molecule has 1 N–H and O–H groups in total. The van der Waals surface area contributed by atoms with E-state index >= 15 is 0 Å². The van der Waals surface area contributed by atoms with Crippen molar-refractivity contribution in [2.24, 2.45) is 5.92 Å². The summed E-state index contributed by atoms with van der Waals surface area (Å²) < 4.78 is 0. The molecule has 0 aromatic rings. The summed E-state index contributed by atoms with van der Waals surface area (Å²) in [6, 6.07) is 1.38. The lowest BCUT2D eigenvalue weighted by molar-refractivity contribution is 0.0927. The van der Waals surface area contributed by atoms with Crippen LogP contribution in [0.15, 0.2) is 0 Å². The Morgan fingerprint density at radius 2 is 1.56 bits per heavy atom. The molecule has 2 heteroatoms. The van der Waals surface area contributed by atoms with Gasteiger partial charge in [-0.2, -0.15) is 0 Å². The summed E-state index contributed by atoms with van der Waals surface area (Å²) in [5, 5.41) is 3.76. The van der Waals surface area contributed by atoms with E-state index in [-0.39, 0.29) is 0 Å². The first kappa shape index (κ1) is 14.0. The van der Waals surface area contributed by atoms with Gasteiger partial charge >= 0.3 is 0 Å². The van der Waals surface area contributed by atoms with Gasteiger partial charge in [-0.25, -0.2) is 0 Å². The SMILES string of the molecule is CC(C)C(C)NC1CCN(C(C)(C)C)CC1. The maximum Gasteiger partial charge on any atom is 0.0125 e. The zero-order valence-electron chi connectivity index (χ0n) is 12.0. The molecule has 1 rings (SSSR count). The van der Waals surface area contributed by atoms with Crippen molar-refractivity contribution in [3.63, 3.8) is 0 Å². The fourth-order valence-corrected chi connectivity index (χ4v) is 2.28. The predicted molar refractivity (Wildman–Crippen MR) is 71.8 cm³/mol. The number of nitrogens with zero attached hydrogens (tertiary/aromatic N) is 1.